The summed E-state index contributed by atoms with van der Waals surface area (Å²) >= 11 is 0. The van der Waals surface area contributed by atoms with Crippen LogP contribution in [0.3, 0.4) is 0 Å². The summed E-state index contributed by atoms with van der Waals surface area (Å²) in [6.07, 6.45) is 5.16. The van der Waals surface area contributed by atoms with Crippen LogP contribution in [0.25, 0.3) is 0 Å². The third-order valence-corrected chi connectivity index (χ3v) is 5.09. The number of fused-ring (bicyclic) bond motifs is 1. The van der Waals surface area contributed by atoms with Crippen molar-refractivity contribution in [2.24, 2.45) is 10.9 Å². The molecule has 2 amide bonds. The molecule has 1 aliphatic carbocycles. The van der Waals surface area contributed by atoms with E-state index in [1.165, 1.54) is 17.7 Å². The number of nitrogens with one attached hydrogen (secondary N) is 2. The van der Waals surface area contributed by atoms with Gasteiger partial charge in [0.2, 0.25) is 0 Å². The molecular formula is C22H33IN4O3. The number of rotatable bonds is 12. The molecule has 30 heavy (non-hydrogen) atoms. The van der Waals surface area contributed by atoms with Gasteiger partial charge >= 0.3 is 0 Å². The maximum Gasteiger partial charge on any atom is 0.261 e. The molecule has 166 valence electrons. The van der Waals surface area contributed by atoms with E-state index in [4.69, 9.17) is 4.74 Å². The molecular weight excluding hydrogens is 495 g/mol. The normalized spacial score (nSPS) is 15.8. The predicted molar refractivity (Wildman–Crippen MR) is 129 cm³/mol. The van der Waals surface area contributed by atoms with E-state index in [9.17, 15) is 9.59 Å². The molecule has 1 aromatic carbocycles. The van der Waals surface area contributed by atoms with Crippen LogP contribution < -0.4 is 10.6 Å². The van der Waals surface area contributed by atoms with Gasteiger partial charge in [-0.2, -0.15) is 0 Å². The zero-order valence-corrected chi connectivity index (χ0v) is 20.0. The molecule has 7 nitrogen and oxygen atoms in total. The molecule has 2 N–H and O–H groups in total. The highest BCUT2D eigenvalue weighted by Gasteiger charge is 2.34. The average Bonchev–Trinajstić information content (AvgIpc) is 3.52. The first-order chi connectivity index (χ1) is 14.2. The Hall–Kier alpha value is -1.68. The van der Waals surface area contributed by atoms with Crippen molar-refractivity contribution >= 4 is 41.8 Å². The van der Waals surface area contributed by atoms with Gasteiger partial charge in [0.15, 0.2) is 5.96 Å². The van der Waals surface area contributed by atoms with Gasteiger partial charge in [0.05, 0.1) is 11.1 Å². The summed E-state index contributed by atoms with van der Waals surface area (Å²) in [4.78, 5) is 30.6. The number of guanidine groups is 1. The average molecular weight is 528 g/mol. The number of nitrogens with zero attached hydrogens (tertiary/aromatic N) is 2. The monoisotopic (exact) mass is 528 g/mol. The number of hydrogen-bond acceptors (Lipinski definition) is 4. The number of aliphatic imine (C=N–C) groups is 1. The number of halogens is 1. The van der Waals surface area contributed by atoms with Crippen LogP contribution in [0.4, 0.5) is 0 Å². The molecule has 0 unspecified atom stereocenters. The second-order valence-corrected chi connectivity index (χ2v) is 7.57. The zero-order valence-electron chi connectivity index (χ0n) is 17.7. The Morgan fingerprint density at radius 3 is 2.43 bits per heavy atom. The largest absolute Gasteiger partial charge is 0.381 e. The molecule has 1 heterocycles. The molecule has 3 rings (SSSR count). The number of amides is 2. The lowest BCUT2D eigenvalue weighted by Crippen LogP contribution is -2.38. The lowest BCUT2D eigenvalue weighted by Gasteiger charge is -2.14. The van der Waals surface area contributed by atoms with Gasteiger partial charge in [0.25, 0.3) is 11.8 Å². The van der Waals surface area contributed by atoms with Crippen LogP contribution in [0.1, 0.15) is 59.7 Å². The maximum absolute atomic E-state index is 12.3. The second-order valence-electron chi connectivity index (χ2n) is 7.57. The van der Waals surface area contributed by atoms with Gasteiger partial charge in [-0.15, -0.1) is 24.0 Å². The summed E-state index contributed by atoms with van der Waals surface area (Å²) in [5.74, 6) is 1.24. The molecule has 1 fully saturated rings. The minimum atomic E-state index is -0.183. The van der Waals surface area contributed by atoms with Crippen molar-refractivity contribution in [3.05, 3.63) is 35.4 Å². The lowest BCUT2D eigenvalue weighted by atomic mass is 10.1. The number of unbranched alkanes of at least 4 members (excludes halogenated alkanes) is 1. The van der Waals surface area contributed by atoms with Crippen molar-refractivity contribution < 1.29 is 14.3 Å². The fraction of sp³-hybridized carbons (Fsp3) is 0.591. The van der Waals surface area contributed by atoms with Crippen LogP contribution in [0.15, 0.2) is 29.3 Å². The number of ether oxygens (including phenoxy) is 1. The van der Waals surface area contributed by atoms with Crippen molar-refractivity contribution in [3.63, 3.8) is 0 Å². The standard InChI is InChI=1S/C22H32N4O3.HI/c1-2-23-22(25-13-7-15-29-16-17-10-11-17)24-12-5-6-14-26-20(27)18-8-3-4-9-19(18)21(26)28;/h3-4,8-9,17H,2,5-7,10-16H2,1H3,(H2,23,24,25);1H. The summed E-state index contributed by atoms with van der Waals surface area (Å²) in [5, 5.41) is 6.55. The molecule has 1 aromatic rings. The van der Waals surface area contributed by atoms with Crippen LogP contribution in [0.5, 0.6) is 0 Å². The summed E-state index contributed by atoms with van der Waals surface area (Å²) in [6.45, 7) is 6.42. The third kappa shape index (κ3) is 7.23. The molecule has 0 spiro atoms. The van der Waals surface area contributed by atoms with E-state index in [2.05, 4.69) is 15.6 Å². The van der Waals surface area contributed by atoms with Gasteiger partial charge < -0.3 is 15.4 Å². The minimum Gasteiger partial charge on any atom is -0.381 e. The Morgan fingerprint density at radius 2 is 1.80 bits per heavy atom. The molecule has 0 radical (unpaired) electrons. The van der Waals surface area contributed by atoms with Gasteiger partial charge in [-0.25, -0.2) is 0 Å². The molecule has 2 aliphatic rings. The van der Waals surface area contributed by atoms with Crippen molar-refractivity contribution in [3.8, 4) is 0 Å². The first kappa shape index (κ1) is 24.6. The third-order valence-electron chi connectivity index (χ3n) is 5.09. The minimum absolute atomic E-state index is 0. The number of carbonyl (C=O) groups is 2. The van der Waals surface area contributed by atoms with E-state index >= 15 is 0 Å². The number of hydrogen-bond donors (Lipinski definition) is 2. The SMILES string of the molecule is CCNC(=NCCCOCC1CC1)NCCCCN1C(=O)c2ccccc2C1=O.I. The number of imide groups is 1. The summed E-state index contributed by atoms with van der Waals surface area (Å²) in [7, 11) is 0. The zero-order chi connectivity index (χ0) is 20.5. The molecule has 0 atom stereocenters. The molecule has 0 saturated heterocycles. The van der Waals surface area contributed by atoms with Crippen LogP contribution in [-0.2, 0) is 4.74 Å². The van der Waals surface area contributed by atoms with Gasteiger partial charge in [-0.1, -0.05) is 12.1 Å². The van der Waals surface area contributed by atoms with Crippen molar-refractivity contribution in [2.75, 3.05) is 39.4 Å². The Balaban J connectivity index is 0.00000320. The number of carbonyl (C=O) groups excluding carboxylic acids is 2. The number of benzene rings is 1. The Labute approximate surface area is 196 Å². The predicted octanol–water partition coefficient (Wildman–Crippen LogP) is 3.05. The van der Waals surface area contributed by atoms with Gasteiger partial charge in [0.1, 0.15) is 0 Å². The molecule has 0 bridgehead atoms. The molecule has 0 aromatic heterocycles. The highest BCUT2D eigenvalue weighted by molar-refractivity contribution is 14.0. The van der Waals surface area contributed by atoms with Crippen LogP contribution in [0.2, 0.25) is 0 Å². The van der Waals surface area contributed by atoms with E-state index in [1.807, 2.05) is 6.92 Å². The first-order valence-corrected chi connectivity index (χ1v) is 10.8. The fourth-order valence-electron chi connectivity index (χ4n) is 3.28. The maximum atomic E-state index is 12.3. The van der Waals surface area contributed by atoms with E-state index in [1.54, 1.807) is 24.3 Å². The summed E-state index contributed by atoms with van der Waals surface area (Å²) < 4.78 is 5.63. The van der Waals surface area contributed by atoms with Crippen LogP contribution in [0, 0.1) is 5.92 Å². The van der Waals surface area contributed by atoms with Crippen molar-refractivity contribution in [1.29, 1.82) is 0 Å². The topological polar surface area (TPSA) is 83.0 Å². The smallest absolute Gasteiger partial charge is 0.261 e. The van der Waals surface area contributed by atoms with Crippen molar-refractivity contribution in [1.82, 2.24) is 15.5 Å². The highest BCUT2D eigenvalue weighted by atomic mass is 127. The van der Waals surface area contributed by atoms with Crippen LogP contribution >= 0.6 is 24.0 Å². The Bertz CT molecular complexity index is 702. The van der Waals surface area contributed by atoms with Gasteiger partial charge in [-0.05, 0) is 57.1 Å². The van der Waals surface area contributed by atoms with E-state index in [0.717, 1.165) is 64.0 Å². The van der Waals surface area contributed by atoms with Crippen LogP contribution in [-0.4, -0.2) is 62.1 Å². The molecule has 8 heteroatoms. The first-order valence-electron chi connectivity index (χ1n) is 10.8. The highest BCUT2D eigenvalue weighted by Crippen LogP contribution is 2.28. The molecule has 1 saturated carbocycles. The Morgan fingerprint density at radius 1 is 1.10 bits per heavy atom. The fourth-order valence-corrected chi connectivity index (χ4v) is 3.28. The van der Waals surface area contributed by atoms with E-state index < -0.39 is 0 Å². The summed E-state index contributed by atoms with van der Waals surface area (Å²) in [5.41, 5.74) is 1.02. The summed E-state index contributed by atoms with van der Waals surface area (Å²) in [6, 6.07) is 7.01. The van der Waals surface area contributed by atoms with E-state index in [0.29, 0.717) is 17.7 Å². The van der Waals surface area contributed by atoms with Gasteiger partial charge in [-0.3, -0.25) is 19.5 Å². The molecule has 1 aliphatic heterocycles. The van der Waals surface area contributed by atoms with E-state index in [-0.39, 0.29) is 35.8 Å². The second kappa shape index (κ2) is 12.9. The Kier molecular flexibility index (Phi) is 10.6. The van der Waals surface area contributed by atoms with Crippen molar-refractivity contribution in [2.45, 2.75) is 39.0 Å². The van der Waals surface area contributed by atoms with Gasteiger partial charge in [0, 0.05) is 39.4 Å². The quantitative estimate of drug-likeness (QED) is 0.143. The lowest BCUT2D eigenvalue weighted by molar-refractivity contribution is 0.0652.